The lowest BCUT2D eigenvalue weighted by Gasteiger charge is -2.28. The third kappa shape index (κ3) is 6.44. The predicted octanol–water partition coefficient (Wildman–Crippen LogP) is 4.91. The molecule has 2 aromatic carbocycles. The third-order valence-corrected chi connectivity index (χ3v) is 8.71. The number of nitrogens with zero attached hydrogens (tertiary/aromatic N) is 3. The first-order valence-electron chi connectivity index (χ1n) is 11.7. The summed E-state index contributed by atoms with van der Waals surface area (Å²) in [5.41, 5.74) is 0.274. The van der Waals surface area contributed by atoms with Crippen LogP contribution < -0.4 is 9.47 Å². The molecule has 0 fully saturated rings. The van der Waals surface area contributed by atoms with Gasteiger partial charge in [-0.25, -0.2) is 8.42 Å². The third-order valence-electron chi connectivity index (χ3n) is 5.72. The Hall–Kier alpha value is -3.19. The average Bonchev–Trinajstić information content (AvgIpc) is 3.54. The summed E-state index contributed by atoms with van der Waals surface area (Å²) in [7, 11) is -4.25. The highest BCUT2D eigenvalue weighted by Gasteiger charge is 2.31. The molecule has 2 heterocycles. The second-order valence-electron chi connectivity index (χ2n) is 9.08. The molecule has 3 aromatic rings. The number of carbonyl (C=O) groups is 1. The van der Waals surface area contributed by atoms with E-state index < -0.39 is 33.1 Å². The molecule has 0 saturated heterocycles. The highest BCUT2D eigenvalue weighted by Crippen LogP contribution is 2.33. The largest absolute Gasteiger partial charge is 0.454 e. The molecule has 4 rings (SSSR count). The molecule has 0 aliphatic carbocycles. The van der Waals surface area contributed by atoms with E-state index in [1.165, 1.54) is 23.5 Å². The summed E-state index contributed by atoms with van der Waals surface area (Å²) < 4.78 is 39.0. The SMILES string of the molecule is CC(C)CN(CC(=O)N(Cc1ccc2c(c1)OCO2)Cc1cccs1)S(=O)(=O)c1ccc(Cl)c([N+](=O)[O-])c1. The molecule has 1 aromatic heterocycles. The molecule has 0 bridgehead atoms. The zero-order chi connectivity index (χ0) is 27.4. The number of halogens is 1. The summed E-state index contributed by atoms with van der Waals surface area (Å²) in [4.78, 5) is 26.5. The second kappa shape index (κ2) is 11.7. The number of carbonyl (C=O) groups excluding carboxylic acids is 1. The van der Waals surface area contributed by atoms with Gasteiger partial charge < -0.3 is 14.4 Å². The van der Waals surface area contributed by atoms with Crippen molar-refractivity contribution >= 4 is 44.6 Å². The van der Waals surface area contributed by atoms with Crippen LogP contribution in [0.2, 0.25) is 5.02 Å². The summed E-state index contributed by atoms with van der Waals surface area (Å²) in [5.74, 6) is 0.679. The lowest BCUT2D eigenvalue weighted by atomic mass is 10.2. The molecule has 38 heavy (non-hydrogen) atoms. The zero-order valence-corrected chi connectivity index (χ0v) is 23.1. The van der Waals surface area contributed by atoms with E-state index in [9.17, 15) is 23.3 Å². The lowest BCUT2D eigenvalue weighted by Crippen LogP contribution is -2.43. The first-order chi connectivity index (χ1) is 18.0. The number of nitro benzene ring substituents is 1. The van der Waals surface area contributed by atoms with Crippen LogP contribution >= 0.6 is 22.9 Å². The van der Waals surface area contributed by atoms with Crippen molar-refractivity contribution in [2.75, 3.05) is 19.9 Å². The van der Waals surface area contributed by atoms with Crippen LogP contribution in [0.5, 0.6) is 11.5 Å². The van der Waals surface area contributed by atoms with Crippen molar-refractivity contribution in [3.8, 4) is 11.5 Å². The van der Waals surface area contributed by atoms with Crippen molar-refractivity contribution < 1.29 is 27.6 Å². The molecule has 1 aliphatic heterocycles. The number of nitro groups is 1. The van der Waals surface area contributed by atoms with Gasteiger partial charge in [0.1, 0.15) is 5.02 Å². The Labute approximate surface area is 229 Å². The second-order valence-corrected chi connectivity index (χ2v) is 12.5. The highest BCUT2D eigenvalue weighted by atomic mass is 35.5. The number of hydrogen-bond donors (Lipinski definition) is 0. The Morgan fingerprint density at radius 3 is 2.58 bits per heavy atom. The molecule has 10 nitrogen and oxygen atoms in total. The number of rotatable bonds is 11. The highest BCUT2D eigenvalue weighted by molar-refractivity contribution is 7.89. The fourth-order valence-corrected chi connectivity index (χ4v) is 6.41. The quantitative estimate of drug-likeness (QED) is 0.234. The van der Waals surface area contributed by atoms with Gasteiger partial charge in [0.15, 0.2) is 11.5 Å². The molecule has 0 atom stereocenters. The fraction of sp³-hybridized carbons (Fsp3) is 0.320. The maximum Gasteiger partial charge on any atom is 0.289 e. The molecule has 1 aliphatic rings. The Kier molecular flexibility index (Phi) is 8.56. The minimum Gasteiger partial charge on any atom is -0.454 e. The first kappa shape index (κ1) is 27.8. The van der Waals surface area contributed by atoms with Crippen LogP contribution in [0.15, 0.2) is 58.8 Å². The van der Waals surface area contributed by atoms with Crippen LogP contribution in [0.4, 0.5) is 5.69 Å². The first-order valence-corrected chi connectivity index (χ1v) is 14.4. The van der Waals surface area contributed by atoms with Crippen LogP contribution in [0, 0.1) is 16.0 Å². The van der Waals surface area contributed by atoms with Gasteiger partial charge in [-0.15, -0.1) is 11.3 Å². The normalized spacial score (nSPS) is 12.8. The Morgan fingerprint density at radius 1 is 1.13 bits per heavy atom. The van der Waals surface area contributed by atoms with E-state index in [4.69, 9.17) is 21.1 Å². The Morgan fingerprint density at radius 2 is 1.89 bits per heavy atom. The van der Waals surface area contributed by atoms with Crippen molar-refractivity contribution in [1.82, 2.24) is 9.21 Å². The molecule has 0 unspecified atom stereocenters. The van der Waals surface area contributed by atoms with Gasteiger partial charge in [-0.1, -0.05) is 37.6 Å². The Balaban J connectivity index is 1.62. The smallest absolute Gasteiger partial charge is 0.289 e. The maximum atomic E-state index is 13.6. The van der Waals surface area contributed by atoms with Crippen LogP contribution in [0.25, 0.3) is 0 Å². The number of amides is 1. The van der Waals surface area contributed by atoms with E-state index in [1.54, 1.807) is 17.0 Å². The topological polar surface area (TPSA) is 119 Å². The van der Waals surface area contributed by atoms with Gasteiger partial charge in [0.2, 0.25) is 22.7 Å². The molecule has 0 saturated carbocycles. The molecule has 0 N–H and O–H groups in total. The number of sulfonamides is 1. The van der Waals surface area contributed by atoms with Gasteiger partial charge in [0, 0.05) is 24.0 Å². The van der Waals surface area contributed by atoms with Gasteiger partial charge >= 0.3 is 0 Å². The summed E-state index contributed by atoms with van der Waals surface area (Å²) in [6, 6.07) is 12.5. The summed E-state index contributed by atoms with van der Waals surface area (Å²) in [5, 5.41) is 13.1. The number of benzene rings is 2. The van der Waals surface area contributed by atoms with Gasteiger partial charge in [-0.05, 0) is 47.2 Å². The summed E-state index contributed by atoms with van der Waals surface area (Å²) in [6.07, 6.45) is 0. The fourth-order valence-electron chi connectivity index (χ4n) is 3.93. The standard InChI is InChI=1S/C25H26ClN3O7S2/c1-17(2)12-28(38(33,34)20-6-7-21(26)22(11-20)29(31)32)15-25(30)27(14-19-4-3-9-37-19)13-18-5-8-23-24(10-18)36-16-35-23/h3-11,17H,12-16H2,1-2H3. The van der Waals surface area contributed by atoms with E-state index >= 15 is 0 Å². The number of fused-ring (bicyclic) bond motifs is 1. The van der Waals surface area contributed by atoms with Crippen molar-refractivity contribution in [3.05, 3.63) is 79.5 Å². The monoisotopic (exact) mass is 579 g/mol. The predicted molar refractivity (Wildman–Crippen MR) is 143 cm³/mol. The molecular weight excluding hydrogens is 554 g/mol. The minimum absolute atomic E-state index is 0.0430. The van der Waals surface area contributed by atoms with Gasteiger partial charge in [0.25, 0.3) is 5.69 Å². The van der Waals surface area contributed by atoms with Crippen molar-refractivity contribution in [2.24, 2.45) is 5.92 Å². The van der Waals surface area contributed by atoms with E-state index in [1.807, 2.05) is 37.4 Å². The molecule has 1 amide bonds. The average molecular weight is 580 g/mol. The van der Waals surface area contributed by atoms with Crippen LogP contribution in [-0.2, 0) is 27.9 Å². The summed E-state index contributed by atoms with van der Waals surface area (Å²) in [6.45, 7) is 3.89. The molecule has 0 radical (unpaired) electrons. The molecule has 202 valence electrons. The van der Waals surface area contributed by atoms with Crippen molar-refractivity contribution in [1.29, 1.82) is 0 Å². The number of ether oxygens (including phenoxy) is 2. The van der Waals surface area contributed by atoms with E-state index in [0.29, 0.717) is 11.5 Å². The van der Waals surface area contributed by atoms with E-state index in [-0.39, 0.29) is 42.3 Å². The lowest BCUT2D eigenvalue weighted by molar-refractivity contribution is -0.384. The van der Waals surface area contributed by atoms with E-state index in [2.05, 4.69) is 0 Å². The summed E-state index contributed by atoms with van der Waals surface area (Å²) >= 11 is 7.37. The number of hydrogen-bond acceptors (Lipinski definition) is 8. The molecular formula is C25H26ClN3O7S2. The van der Waals surface area contributed by atoms with Gasteiger partial charge in [-0.2, -0.15) is 4.31 Å². The van der Waals surface area contributed by atoms with E-state index in [0.717, 1.165) is 20.8 Å². The van der Waals surface area contributed by atoms with Gasteiger partial charge in [-0.3, -0.25) is 14.9 Å². The van der Waals surface area contributed by atoms with Crippen molar-refractivity contribution in [2.45, 2.75) is 31.8 Å². The Bertz CT molecular complexity index is 1430. The number of thiophene rings is 1. The van der Waals surface area contributed by atoms with Crippen LogP contribution in [0.1, 0.15) is 24.3 Å². The van der Waals surface area contributed by atoms with Crippen LogP contribution in [-0.4, -0.2) is 48.3 Å². The molecule has 0 spiro atoms. The van der Waals surface area contributed by atoms with Crippen molar-refractivity contribution in [3.63, 3.8) is 0 Å². The van der Waals surface area contributed by atoms with Gasteiger partial charge in [0.05, 0.1) is 22.9 Å². The minimum atomic E-state index is -4.25. The molecule has 13 heteroatoms. The van der Waals surface area contributed by atoms with Crippen LogP contribution in [0.3, 0.4) is 0 Å². The zero-order valence-electron chi connectivity index (χ0n) is 20.7. The maximum absolute atomic E-state index is 13.6.